The van der Waals surface area contributed by atoms with Crippen LogP contribution in [0, 0.1) is 33.9 Å². The molecule has 4 saturated heterocycles. The van der Waals surface area contributed by atoms with Crippen LogP contribution in [0.5, 0.6) is 5.88 Å². The van der Waals surface area contributed by atoms with Crippen LogP contribution in [0.15, 0.2) is 85.7 Å². The fourth-order valence-electron chi connectivity index (χ4n) is 11.8. The van der Waals surface area contributed by atoms with Crippen LogP contribution < -0.4 is 20.3 Å². The van der Waals surface area contributed by atoms with E-state index in [0.717, 1.165) is 97.4 Å². The summed E-state index contributed by atoms with van der Waals surface area (Å²) >= 11 is 0. The third-order valence-electron chi connectivity index (χ3n) is 15.5. The highest BCUT2D eigenvalue weighted by Gasteiger charge is 2.59. The van der Waals surface area contributed by atoms with Gasteiger partial charge in [-0.1, -0.05) is 12.1 Å². The summed E-state index contributed by atoms with van der Waals surface area (Å²) in [6.07, 6.45) is 17.9. The summed E-state index contributed by atoms with van der Waals surface area (Å²) in [6, 6.07) is 20.6. The number of benzene rings is 1. The number of anilines is 2. The zero-order valence-electron chi connectivity index (χ0n) is 38.8. The van der Waals surface area contributed by atoms with Gasteiger partial charge >= 0.3 is 0 Å². The second-order valence-corrected chi connectivity index (χ2v) is 19.7. The Morgan fingerprint density at radius 3 is 2.42 bits per heavy atom. The molecule has 352 valence electrons. The van der Waals surface area contributed by atoms with Gasteiger partial charge in [0.1, 0.15) is 23.7 Å². The number of hydrogen-bond donors (Lipinski definition) is 2. The Morgan fingerprint density at radius 2 is 1.71 bits per heavy atom. The van der Waals surface area contributed by atoms with Crippen molar-refractivity contribution in [3.63, 3.8) is 0 Å². The predicted octanol–water partition coefficient (Wildman–Crippen LogP) is 6.86. The third kappa shape index (κ3) is 8.33. The van der Waals surface area contributed by atoms with Crippen LogP contribution >= 0.6 is 0 Å². The summed E-state index contributed by atoms with van der Waals surface area (Å²) in [5.41, 5.74) is 6.58. The van der Waals surface area contributed by atoms with Crippen molar-refractivity contribution in [3.05, 3.63) is 108 Å². The number of carbonyl (C=O) groups is 2. The van der Waals surface area contributed by atoms with Gasteiger partial charge in [-0.25, -0.2) is 18.9 Å². The number of pyridine rings is 3. The summed E-state index contributed by atoms with van der Waals surface area (Å²) in [5.74, 6) is 0.629. The molecule has 1 unspecified atom stereocenters. The zero-order chi connectivity index (χ0) is 47.4. The quantitative estimate of drug-likeness (QED) is 0.129. The highest BCUT2D eigenvalue weighted by molar-refractivity contribution is 6.01. The first-order chi connectivity index (χ1) is 33.6. The average molecular weight is 928 g/mol. The van der Waals surface area contributed by atoms with Crippen LogP contribution in [0.3, 0.4) is 0 Å². The molecule has 0 bridgehead atoms. The van der Waals surface area contributed by atoms with E-state index in [1.807, 2.05) is 68.1 Å². The molecule has 17 heteroatoms. The van der Waals surface area contributed by atoms with Crippen molar-refractivity contribution < 1.29 is 18.7 Å². The molecule has 11 rings (SSSR count). The average Bonchev–Trinajstić information content (AvgIpc) is 4.08. The molecule has 5 aliphatic rings. The number of nitrogens with zero attached hydrogens (tertiary/aromatic N) is 11. The first kappa shape index (κ1) is 44.3. The van der Waals surface area contributed by atoms with Gasteiger partial charge in [0, 0.05) is 96.9 Å². The van der Waals surface area contributed by atoms with Crippen LogP contribution in [-0.4, -0.2) is 108 Å². The van der Waals surface area contributed by atoms with Crippen LogP contribution in [0.2, 0.25) is 0 Å². The fourth-order valence-corrected chi connectivity index (χ4v) is 11.8. The maximum absolute atomic E-state index is 15.4. The Balaban J connectivity index is 0.727. The van der Waals surface area contributed by atoms with Gasteiger partial charge < -0.3 is 19.9 Å². The summed E-state index contributed by atoms with van der Waals surface area (Å²) in [6.45, 7) is 6.01. The van der Waals surface area contributed by atoms with Gasteiger partial charge in [-0.2, -0.15) is 20.7 Å². The molecule has 0 radical (unpaired) electrons. The predicted molar refractivity (Wildman–Crippen MR) is 255 cm³/mol. The van der Waals surface area contributed by atoms with E-state index in [1.54, 1.807) is 17.8 Å². The lowest BCUT2D eigenvalue weighted by atomic mass is 9.78. The first-order valence-electron chi connectivity index (χ1n) is 24.0. The minimum Gasteiger partial charge on any atom is -0.481 e. The summed E-state index contributed by atoms with van der Waals surface area (Å²) in [4.78, 5) is 40.3. The zero-order valence-corrected chi connectivity index (χ0v) is 38.8. The van der Waals surface area contributed by atoms with Crippen molar-refractivity contribution in [2.24, 2.45) is 5.41 Å². The molecule has 4 atom stereocenters. The molecular weight excluding hydrogens is 874 g/mol. The molecule has 2 N–H and O–H groups in total. The number of aromatic nitrogens is 6. The van der Waals surface area contributed by atoms with E-state index in [4.69, 9.17) is 14.8 Å². The number of hydrogen-bond acceptors (Lipinski definition) is 13. The van der Waals surface area contributed by atoms with Gasteiger partial charge in [-0.05, 0) is 112 Å². The number of methoxy groups -OCH3 is 1. The number of fused-ring (bicyclic) bond motifs is 2. The van der Waals surface area contributed by atoms with E-state index >= 15 is 4.39 Å². The summed E-state index contributed by atoms with van der Waals surface area (Å²) in [7, 11) is 1.61. The molecule has 5 fully saturated rings. The molecule has 4 aliphatic heterocycles. The number of piperidine rings is 2. The molecule has 0 spiro atoms. The third-order valence-corrected chi connectivity index (χ3v) is 15.5. The lowest BCUT2D eigenvalue weighted by molar-refractivity contribution is -0.133. The fraction of sp³-hybridized carbons (Fsp3) is 0.423. The number of likely N-dealkylation sites (tertiary alicyclic amines) is 2. The Morgan fingerprint density at radius 1 is 0.884 bits per heavy atom. The molecule has 6 aromatic rings. The highest BCUT2D eigenvalue weighted by Crippen LogP contribution is 2.47. The normalized spacial score (nSPS) is 25.4. The smallest absolute Gasteiger partial charge is 0.249 e. The minimum atomic E-state index is -0.577. The van der Waals surface area contributed by atoms with Crippen molar-refractivity contribution in [3.8, 4) is 40.3 Å². The van der Waals surface area contributed by atoms with E-state index in [2.05, 4.69) is 64.5 Å². The Bertz CT molecular complexity index is 3000. The Hall–Kier alpha value is -7.21. The van der Waals surface area contributed by atoms with Crippen molar-refractivity contribution in [1.82, 2.24) is 44.5 Å². The molecule has 9 heterocycles. The molecule has 69 heavy (non-hydrogen) atoms. The number of ether oxygens (including phenoxy) is 1. The molecule has 5 aromatic heterocycles. The number of nitriles is 2. The summed E-state index contributed by atoms with van der Waals surface area (Å²) < 4.78 is 24.6. The van der Waals surface area contributed by atoms with Gasteiger partial charge in [-0.15, -0.1) is 0 Å². The molecule has 2 amide bonds. The molecule has 1 aliphatic carbocycles. The van der Waals surface area contributed by atoms with Crippen LogP contribution in [0.1, 0.15) is 86.9 Å². The number of imide groups is 1. The minimum absolute atomic E-state index is 0.00529. The monoisotopic (exact) mass is 927 g/mol. The van der Waals surface area contributed by atoms with E-state index in [1.165, 1.54) is 6.07 Å². The van der Waals surface area contributed by atoms with Gasteiger partial charge in [0.25, 0.3) is 0 Å². The number of rotatable bonds is 11. The van der Waals surface area contributed by atoms with Crippen LogP contribution in [-0.2, 0) is 16.1 Å². The SMILES string of the molecule is COc1ccc(CN2C[C@](C)(C#N)[C@H]3[C@@H]2CN3c2ccc(-c3cc(-c4cnn(C5CCC(N6CCC(c7ccc(NC8CCC(=O)NC8=O)cc7F)CC6)CC5)c4)cn4ncc(C#N)c34)cn2)cn1. The van der Waals surface area contributed by atoms with E-state index < -0.39 is 11.5 Å². The topological polar surface area (TPSA) is 186 Å². The van der Waals surface area contributed by atoms with Gasteiger partial charge in [0.05, 0.1) is 54.2 Å². The number of amides is 2. The highest BCUT2D eigenvalue weighted by atomic mass is 19.1. The number of halogens is 1. The van der Waals surface area contributed by atoms with Crippen LogP contribution in [0.25, 0.3) is 27.8 Å². The Kier molecular flexibility index (Phi) is 11.6. The van der Waals surface area contributed by atoms with E-state index in [9.17, 15) is 20.1 Å². The van der Waals surface area contributed by atoms with Crippen molar-refractivity contribution in [2.75, 3.05) is 43.5 Å². The maximum Gasteiger partial charge on any atom is 0.249 e. The molecule has 1 saturated carbocycles. The van der Waals surface area contributed by atoms with Crippen LogP contribution in [0.4, 0.5) is 15.9 Å². The van der Waals surface area contributed by atoms with Crippen molar-refractivity contribution in [1.29, 1.82) is 10.5 Å². The summed E-state index contributed by atoms with van der Waals surface area (Å²) in [5, 5.41) is 35.4. The molecular formula is C52H54FN13O3. The second-order valence-electron chi connectivity index (χ2n) is 19.7. The van der Waals surface area contributed by atoms with Gasteiger partial charge in [-0.3, -0.25) is 24.5 Å². The number of carbonyl (C=O) groups excluding carboxylic acids is 2. The largest absolute Gasteiger partial charge is 0.481 e. The number of nitrogens with one attached hydrogen (secondary N) is 2. The lowest BCUT2D eigenvalue weighted by Crippen LogP contribution is -2.65. The van der Waals surface area contributed by atoms with Gasteiger partial charge in [0.15, 0.2) is 0 Å². The van der Waals surface area contributed by atoms with Crippen molar-refractivity contribution >= 4 is 28.8 Å². The van der Waals surface area contributed by atoms with E-state index in [0.29, 0.717) is 48.2 Å². The lowest BCUT2D eigenvalue weighted by Gasteiger charge is -2.50. The molecule has 1 aromatic carbocycles. The standard InChI is InChI=1S/C52H54FN13O3/c1-52(30-55)31-63(26-32-3-14-48(69-2)57-22-32)45-29-64(50(45)52)46-12-4-34(23-56-46)42-19-35(27-66-49(42)36(21-54)24-59-66)37-25-58-65(28-37)40-8-6-39(7-9-40)62-17-15-33(16-18-62)41-10-5-38(20-43(41)53)60-44-11-13-47(67)61-51(44)68/h3-5,10,12,14,19-20,22-25,27-28,33,39-40,44-45,50,60H,6-9,11,13,15-18,26,29,31H2,1-2H3,(H,61,67,68)/t39?,40?,44?,45-,50+,52-/m0/s1. The molecule has 16 nitrogen and oxygen atoms in total. The van der Waals surface area contributed by atoms with Gasteiger partial charge in [0.2, 0.25) is 17.7 Å². The van der Waals surface area contributed by atoms with E-state index in [-0.39, 0.29) is 48.1 Å². The second kappa shape index (κ2) is 18.0. The van der Waals surface area contributed by atoms with Crippen molar-refractivity contribution in [2.45, 2.75) is 101 Å². The first-order valence-corrected chi connectivity index (χ1v) is 24.0. The Labute approximate surface area is 399 Å². The maximum atomic E-state index is 15.4.